The highest BCUT2D eigenvalue weighted by molar-refractivity contribution is 8.00. The molecule has 0 heterocycles. The topological polar surface area (TPSA) is 29.3 Å². The molecule has 6 heteroatoms. The van der Waals surface area contributed by atoms with Gasteiger partial charge in [0.15, 0.2) is 0 Å². The van der Waals surface area contributed by atoms with E-state index >= 15 is 0 Å². The van der Waals surface area contributed by atoms with Crippen molar-refractivity contribution in [2.75, 3.05) is 19.6 Å². The Kier molecular flexibility index (Phi) is 7.56. The molecule has 0 amide bonds. The van der Waals surface area contributed by atoms with E-state index < -0.39 is 5.51 Å². The maximum absolute atomic E-state index is 12.3. The Labute approximate surface area is 128 Å². The van der Waals surface area contributed by atoms with Crippen molar-refractivity contribution in [1.29, 1.82) is 0 Å². The third-order valence-corrected chi connectivity index (χ3v) is 3.92. The normalized spacial score (nSPS) is 13.7. The van der Waals surface area contributed by atoms with Gasteiger partial charge >= 0.3 is 5.51 Å². The maximum Gasteiger partial charge on any atom is 0.446 e. The second-order valence-electron chi connectivity index (χ2n) is 4.90. The summed E-state index contributed by atoms with van der Waals surface area (Å²) in [5, 5.41) is 0. The summed E-state index contributed by atoms with van der Waals surface area (Å²) in [7, 11) is 0. The zero-order chi connectivity index (χ0) is 15.9. The third kappa shape index (κ3) is 6.28. The molecule has 0 fully saturated rings. The van der Waals surface area contributed by atoms with Crippen LogP contribution in [0.2, 0.25) is 0 Å². The van der Waals surface area contributed by atoms with Crippen molar-refractivity contribution < 1.29 is 13.2 Å². The number of thioether (sulfide) groups is 1. The summed E-state index contributed by atoms with van der Waals surface area (Å²) in [6.45, 7) is 6.56. The van der Waals surface area contributed by atoms with Gasteiger partial charge in [0.25, 0.3) is 0 Å². The summed E-state index contributed by atoms with van der Waals surface area (Å²) in [5.74, 6) is 0. The molecule has 1 aromatic rings. The second-order valence-corrected chi connectivity index (χ2v) is 6.04. The molecule has 0 spiro atoms. The lowest BCUT2D eigenvalue weighted by atomic mass is 10.0. The number of alkyl halides is 3. The fraction of sp³-hybridized carbons (Fsp3) is 0.600. The molecule has 0 aliphatic carbocycles. The quantitative estimate of drug-likeness (QED) is 0.719. The smallest absolute Gasteiger partial charge is 0.329 e. The molecule has 0 aromatic heterocycles. The van der Waals surface area contributed by atoms with Crippen LogP contribution in [0.5, 0.6) is 0 Å². The number of nitrogens with two attached hydrogens (primary N) is 1. The van der Waals surface area contributed by atoms with E-state index in [9.17, 15) is 13.2 Å². The average molecular weight is 320 g/mol. The molecule has 120 valence electrons. The molecule has 1 rings (SSSR count). The summed E-state index contributed by atoms with van der Waals surface area (Å²) in [6, 6.07) is 6.61. The molecular weight excluding hydrogens is 297 g/mol. The zero-order valence-electron chi connectivity index (χ0n) is 12.5. The van der Waals surface area contributed by atoms with Gasteiger partial charge in [-0.25, -0.2) is 0 Å². The molecule has 21 heavy (non-hydrogen) atoms. The van der Waals surface area contributed by atoms with E-state index in [0.717, 1.165) is 31.5 Å². The minimum absolute atomic E-state index is 0.0647. The monoisotopic (exact) mass is 320 g/mol. The highest BCUT2D eigenvalue weighted by Gasteiger charge is 2.29. The van der Waals surface area contributed by atoms with Gasteiger partial charge in [0.05, 0.1) is 0 Å². The van der Waals surface area contributed by atoms with Gasteiger partial charge in [-0.3, -0.25) is 4.90 Å². The van der Waals surface area contributed by atoms with Crippen LogP contribution >= 0.6 is 11.8 Å². The van der Waals surface area contributed by atoms with E-state index in [4.69, 9.17) is 5.73 Å². The van der Waals surface area contributed by atoms with E-state index in [1.165, 1.54) is 12.1 Å². The largest absolute Gasteiger partial charge is 0.446 e. The average Bonchev–Trinajstić information content (AvgIpc) is 2.40. The Hall–Kier alpha value is -0.720. The molecule has 1 unspecified atom stereocenters. The minimum atomic E-state index is -4.24. The molecule has 1 atom stereocenters. The van der Waals surface area contributed by atoms with Crippen LogP contribution < -0.4 is 5.73 Å². The first kappa shape index (κ1) is 18.3. The Morgan fingerprint density at radius 2 is 1.62 bits per heavy atom. The minimum Gasteiger partial charge on any atom is -0.329 e. The lowest BCUT2D eigenvalue weighted by Gasteiger charge is -2.30. The number of hydrogen-bond acceptors (Lipinski definition) is 3. The summed E-state index contributed by atoms with van der Waals surface area (Å²) in [5.41, 5.74) is 2.61. The van der Waals surface area contributed by atoms with Crippen molar-refractivity contribution in [3.05, 3.63) is 29.8 Å². The van der Waals surface area contributed by atoms with Crippen LogP contribution in [0.15, 0.2) is 29.2 Å². The van der Waals surface area contributed by atoms with Crippen LogP contribution in [0, 0.1) is 0 Å². The first-order chi connectivity index (χ1) is 9.91. The van der Waals surface area contributed by atoms with Crippen molar-refractivity contribution in [3.63, 3.8) is 0 Å². The Morgan fingerprint density at radius 3 is 2.00 bits per heavy atom. The Morgan fingerprint density at radius 1 is 1.10 bits per heavy atom. The molecule has 2 N–H and O–H groups in total. The molecule has 0 bridgehead atoms. The van der Waals surface area contributed by atoms with Gasteiger partial charge in [-0.05, 0) is 55.4 Å². The molecule has 0 aliphatic rings. The van der Waals surface area contributed by atoms with Crippen molar-refractivity contribution in [2.45, 2.75) is 43.1 Å². The standard InChI is InChI=1S/C15H23F3N2S/c1-3-9-20(10-4-2)14(11-19)12-5-7-13(8-6-12)21-15(16,17)18/h5-8,14H,3-4,9-11,19H2,1-2H3. The lowest BCUT2D eigenvalue weighted by Crippen LogP contribution is -2.35. The van der Waals surface area contributed by atoms with Gasteiger partial charge in [0.2, 0.25) is 0 Å². The fourth-order valence-corrected chi connectivity index (χ4v) is 2.92. The molecular formula is C15H23F3N2S. The van der Waals surface area contributed by atoms with Crippen molar-refractivity contribution in [2.24, 2.45) is 5.73 Å². The van der Waals surface area contributed by atoms with Gasteiger partial charge in [-0.15, -0.1) is 0 Å². The van der Waals surface area contributed by atoms with Gasteiger partial charge in [-0.1, -0.05) is 26.0 Å². The molecule has 0 aliphatic heterocycles. The Balaban J connectivity index is 2.85. The third-order valence-electron chi connectivity index (χ3n) is 3.18. The summed E-state index contributed by atoms with van der Waals surface area (Å²) in [4.78, 5) is 2.51. The Bertz CT molecular complexity index is 400. The predicted molar refractivity (Wildman–Crippen MR) is 82.3 cm³/mol. The predicted octanol–water partition coefficient (Wildman–Crippen LogP) is 4.42. The van der Waals surface area contributed by atoms with Crippen LogP contribution in [-0.4, -0.2) is 30.0 Å². The van der Waals surface area contributed by atoms with Crippen LogP contribution in [0.4, 0.5) is 13.2 Å². The van der Waals surface area contributed by atoms with Crippen LogP contribution in [0.3, 0.4) is 0 Å². The maximum atomic E-state index is 12.3. The summed E-state index contributed by atoms with van der Waals surface area (Å²) >= 11 is -0.0872. The van der Waals surface area contributed by atoms with Crippen molar-refractivity contribution in [1.82, 2.24) is 4.90 Å². The lowest BCUT2D eigenvalue weighted by molar-refractivity contribution is -0.0328. The van der Waals surface area contributed by atoms with E-state index in [2.05, 4.69) is 18.7 Å². The van der Waals surface area contributed by atoms with E-state index in [1.54, 1.807) is 12.1 Å². The number of rotatable bonds is 8. The summed E-state index contributed by atoms with van der Waals surface area (Å²) < 4.78 is 37.0. The number of hydrogen-bond donors (Lipinski definition) is 1. The van der Waals surface area contributed by atoms with Crippen molar-refractivity contribution >= 4 is 11.8 Å². The SMILES string of the molecule is CCCN(CCC)C(CN)c1ccc(SC(F)(F)F)cc1. The summed E-state index contributed by atoms with van der Waals surface area (Å²) in [6.07, 6.45) is 2.05. The first-order valence-corrected chi connectivity index (χ1v) is 8.02. The van der Waals surface area contributed by atoms with Crippen LogP contribution in [-0.2, 0) is 0 Å². The molecule has 0 saturated carbocycles. The van der Waals surface area contributed by atoms with Gasteiger partial charge < -0.3 is 5.73 Å². The highest BCUT2D eigenvalue weighted by Crippen LogP contribution is 2.37. The molecule has 1 aromatic carbocycles. The highest BCUT2D eigenvalue weighted by atomic mass is 32.2. The number of nitrogens with zero attached hydrogens (tertiary/aromatic N) is 1. The van der Waals surface area contributed by atoms with Gasteiger partial charge in [0.1, 0.15) is 0 Å². The number of halogens is 3. The zero-order valence-corrected chi connectivity index (χ0v) is 13.3. The fourth-order valence-electron chi connectivity index (χ4n) is 2.39. The molecule has 0 saturated heterocycles. The molecule has 2 nitrogen and oxygen atoms in total. The number of benzene rings is 1. The van der Waals surface area contributed by atoms with E-state index in [-0.39, 0.29) is 22.7 Å². The van der Waals surface area contributed by atoms with Gasteiger partial charge in [0, 0.05) is 17.5 Å². The van der Waals surface area contributed by atoms with Gasteiger partial charge in [-0.2, -0.15) is 13.2 Å². The van der Waals surface area contributed by atoms with E-state index in [1.807, 2.05) is 0 Å². The second kappa shape index (κ2) is 8.66. The first-order valence-electron chi connectivity index (χ1n) is 7.21. The van der Waals surface area contributed by atoms with Crippen LogP contribution in [0.25, 0.3) is 0 Å². The van der Waals surface area contributed by atoms with E-state index in [0.29, 0.717) is 6.54 Å². The van der Waals surface area contributed by atoms with Crippen molar-refractivity contribution in [3.8, 4) is 0 Å². The molecule has 0 radical (unpaired) electrons. The van der Waals surface area contributed by atoms with Crippen LogP contribution in [0.1, 0.15) is 38.3 Å².